The van der Waals surface area contributed by atoms with Crippen molar-refractivity contribution in [3.05, 3.63) is 17.5 Å². The monoisotopic (exact) mass is 267 g/mol. The molecule has 108 valence electrons. The van der Waals surface area contributed by atoms with E-state index in [0.717, 1.165) is 31.2 Å². The first-order valence-electron chi connectivity index (χ1n) is 7.17. The topological polar surface area (TPSA) is 59.3 Å². The number of hydrogen-bond donors (Lipinski definition) is 2. The van der Waals surface area contributed by atoms with Crippen molar-refractivity contribution in [1.82, 2.24) is 15.1 Å². The van der Waals surface area contributed by atoms with Crippen LogP contribution < -0.4 is 5.32 Å². The van der Waals surface area contributed by atoms with Gasteiger partial charge in [-0.2, -0.15) is 5.10 Å². The summed E-state index contributed by atoms with van der Waals surface area (Å²) in [7, 11) is 1.93. The molecule has 1 unspecified atom stereocenters. The Labute approximate surface area is 115 Å². The molecule has 5 heteroatoms. The van der Waals surface area contributed by atoms with Crippen LogP contribution >= 0.6 is 0 Å². The summed E-state index contributed by atoms with van der Waals surface area (Å²) in [6.07, 6.45) is 5.11. The van der Waals surface area contributed by atoms with Crippen LogP contribution in [-0.2, 0) is 24.8 Å². The minimum absolute atomic E-state index is 0.428. The maximum Gasteiger partial charge on any atom is 0.0897 e. The summed E-state index contributed by atoms with van der Waals surface area (Å²) < 4.78 is 7.30. The number of rotatable bonds is 9. The molecule has 1 aromatic heterocycles. The SMILES string of the molecule is CCc1nn(C)cc1CNCC(O)COCC1CC1. The second kappa shape index (κ2) is 7.03. The maximum absolute atomic E-state index is 9.78. The van der Waals surface area contributed by atoms with Crippen LogP contribution in [0.25, 0.3) is 0 Å². The van der Waals surface area contributed by atoms with E-state index >= 15 is 0 Å². The maximum atomic E-state index is 9.78. The molecule has 1 aromatic rings. The fourth-order valence-electron chi connectivity index (χ4n) is 2.12. The van der Waals surface area contributed by atoms with Crippen molar-refractivity contribution in [3.8, 4) is 0 Å². The quantitative estimate of drug-likeness (QED) is 0.697. The molecule has 1 fully saturated rings. The van der Waals surface area contributed by atoms with Crippen LogP contribution in [0.4, 0.5) is 0 Å². The number of aliphatic hydroxyl groups excluding tert-OH is 1. The minimum atomic E-state index is -0.430. The normalized spacial score (nSPS) is 16.8. The lowest BCUT2D eigenvalue weighted by molar-refractivity contribution is 0.0324. The van der Waals surface area contributed by atoms with E-state index in [-0.39, 0.29) is 0 Å². The van der Waals surface area contributed by atoms with Crippen molar-refractivity contribution in [1.29, 1.82) is 0 Å². The first kappa shape index (κ1) is 14.5. The molecule has 2 N–H and O–H groups in total. The smallest absolute Gasteiger partial charge is 0.0897 e. The molecule has 1 atom stereocenters. The zero-order valence-corrected chi connectivity index (χ0v) is 11.9. The van der Waals surface area contributed by atoms with E-state index < -0.39 is 6.10 Å². The van der Waals surface area contributed by atoms with Crippen molar-refractivity contribution in [3.63, 3.8) is 0 Å². The zero-order chi connectivity index (χ0) is 13.7. The molecule has 0 spiro atoms. The Morgan fingerprint density at radius 1 is 1.58 bits per heavy atom. The first-order chi connectivity index (χ1) is 9.19. The third-order valence-electron chi connectivity index (χ3n) is 3.38. The van der Waals surface area contributed by atoms with E-state index in [2.05, 4.69) is 17.3 Å². The predicted molar refractivity (Wildman–Crippen MR) is 73.8 cm³/mol. The van der Waals surface area contributed by atoms with Gasteiger partial charge in [-0.3, -0.25) is 4.68 Å². The lowest BCUT2D eigenvalue weighted by Gasteiger charge is -2.12. The van der Waals surface area contributed by atoms with Crippen LogP contribution in [0, 0.1) is 5.92 Å². The molecule has 1 heterocycles. The Balaban J connectivity index is 1.61. The molecule has 1 aliphatic carbocycles. The molecule has 0 aliphatic heterocycles. The van der Waals surface area contributed by atoms with E-state index in [4.69, 9.17) is 4.74 Å². The molecule has 0 radical (unpaired) electrons. The fraction of sp³-hybridized carbons (Fsp3) is 0.786. The van der Waals surface area contributed by atoms with Gasteiger partial charge in [0.05, 0.1) is 18.4 Å². The van der Waals surface area contributed by atoms with E-state index in [1.165, 1.54) is 18.4 Å². The van der Waals surface area contributed by atoms with Gasteiger partial charge in [-0.05, 0) is 25.2 Å². The molecule has 2 rings (SSSR count). The Hall–Kier alpha value is -0.910. The van der Waals surface area contributed by atoms with Gasteiger partial charge in [0.1, 0.15) is 0 Å². The number of aromatic nitrogens is 2. The highest BCUT2D eigenvalue weighted by Gasteiger charge is 2.21. The summed E-state index contributed by atoms with van der Waals surface area (Å²) in [4.78, 5) is 0. The second-order valence-electron chi connectivity index (χ2n) is 5.39. The molecule has 1 saturated carbocycles. The van der Waals surface area contributed by atoms with Gasteiger partial charge in [0.2, 0.25) is 0 Å². The van der Waals surface area contributed by atoms with Crippen LogP contribution in [0.5, 0.6) is 0 Å². The van der Waals surface area contributed by atoms with E-state index in [0.29, 0.717) is 13.2 Å². The van der Waals surface area contributed by atoms with Gasteiger partial charge < -0.3 is 15.2 Å². The van der Waals surface area contributed by atoms with Crippen molar-refractivity contribution in [2.45, 2.75) is 38.8 Å². The van der Waals surface area contributed by atoms with Crippen LogP contribution in [-0.4, -0.2) is 40.7 Å². The molecule has 0 amide bonds. The minimum Gasteiger partial charge on any atom is -0.389 e. The summed E-state index contributed by atoms with van der Waals surface area (Å²) in [6, 6.07) is 0. The van der Waals surface area contributed by atoms with E-state index in [9.17, 15) is 5.11 Å². The van der Waals surface area contributed by atoms with Gasteiger partial charge in [0.25, 0.3) is 0 Å². The largest absolute Gasteiger partial charge is 0.389 e. The standard InChI is InChI=1S/C14H25N3O2/c1-3-14-12(8-17(2)16-14)6-15-7-13(18)10-19-9-11-4-5-11/h8,11,13,15,18H,3-7,9-10H2,1-2H3. The van der Waals surface area contributed by atoms with Crippen LogP contribution in [0.15, 0.2) is 6.20 Å². The number of aryl methyl sites for hydroxylation is 2. The van der Waals surface area contributed by atoms with Gasteiger partial charge >= 0.3 is 0 Å². The average molecular weight is 267 g/mol. The number of nitrogens with zero attached hydrogens (tertiary/aromatic N) is 2. The fourth-order valence-corrected chi connectivity index (χ4v) is 2.12. The number of nitrogens with one attached hydrogen (secondary N) is 1. The summed E-state index contributed by atoms with van der Waals surface area (Å²) in [6.45, 7) is 4.64. The Bertz CT molecular complexity index is 388. The van der Waals surface area contributed by atoms with Crippen LogP contribution in [0.3, 0.4) is 0 Å². The molecular formula is C14H25N3O2. The van der Waals surface area contributed by atoms with Gasteiger partial charge in [-0.15, -0.1) is 0 Å². The average Bonchev–Trinajstić information content (AvgIpc) is 3.12. The number of hydrogen-bond acceptors (Lipinski definition) is 4. The highest BCUT2D eigenvalue weighted by Crippen LogP contribution is 2.28. The second-order valence-corrected chi connectivity index (χ2v) is 5.39. The summed E-state index contributed by atoms with van der Waals surface area (Å²) in [5.41, 5.74) is 2.32. The molecule has 1 aliphatic rings. The summed E-state index contributed by atoms with van der Waals surface area (Å²) >= 11 is 0. The van der Waals surface area contributed by atoms with E-state index in [1.807, 2.05) is 17.9 Å². The summed E-state index contributed by atoms with van der Waals surface area (Å²) in [5.74, 6) is 0.752. The van der Waals surface area contributed by atoms with Gasteiger partial charge in [0.15, 0.2) is 0 Å². The van der Waals surface area contributed by atoms with Crippen LogP contribution in [0.1, 0.15) is 31.0 Å². The van der Waals surface area contributed by atoms with Gasteiger partial charge in [-0.1, -0.05) is 6.92 Å². The predicted octanol–water partition coefficient (Wildman–Crippen LogP) is 0.860. The number of ether oxygens (including phenoxy) is 1. The Morgan fingerprint density at radius 3 is 3.05 bits per heavy atom. The Kier molecular flexibility index (Phi) is 5.36. The molecule has 0 bridgehead atoms. The summed E-state index contributed by atoms with van der Waals surface area (Å²) in [5, 5.41) is 17.4. The molecule has 0 saturated heterocycles. The van der Waals surface area contributed by atoms with Gasteiger partial charge in [0, 0.05) is 38.5 Å². The van der Waals surface area contributed by atoms with Crippen LogP contribution in [0.2, 0.25) is 0 Å². The first-order valence-corrected chi connectivity index (χ1v) is 7.17. The van der Waals surface area contributed by atoms with Crippen molar-refractivity contribution >= 4 is 0 Å². The lowest BCUT2D eigenvalue weighted by Crippen LogP contribution is -2.30. The van der Waals surface area contributed by atoms with Gasteiger partial charge in [-0.25, -0.2) is 0 Å². The van der Waals surface area contributed by atoms with Crippen molar-refractivity contribution < 1.29 is 9.84 Å². The highest BCUT2D eigenvalue weighted by molar-refractivity contribution is 5.16. The third kappa shape index (κ3) is 4.93. The highest BCUT2D eigenvalue weighted by atomic mass is 16.5. The third-order valence-corrected chi connectivity index (χ3v) is 3.38. The molecule has 0 aromatic carbocycles. The van der Waals surface area contributed by atoms with E-state index in [1.54, 1.807) is 0 Å². The Morgan fingerprint density at radius 2 is 2.37 bits per heavy atom. The number of aliphatic hydroxyl groups is 1. The lowest BCUT2D eigenvalue weighted by atomic mass is 10.2. The molecule has 5 nitrogen and oxygen atoms in total. The molecular weight excluding hydrogens is 242 g/mol. The van der Waals surface area contributed by atoms with Crippen molar-refractivity contribution in [2.75, 3.05) is 19.8 Å². The zero-order valence-electron chi connectivity index (χ0n) is 11.9. The van der Waals surface area contributed by atoms with Crippen molar-refractivity contribution in [2.24, 2.45) is 13.0 Å². The molecule has 19 heavy (non-hydrogen) atoms.